The van der Waals surface area contributed by atoms with Gasteiger partial charge in [-0.2, -0.15) is 0 Å². The molecule has 0 saturated carbocycles. The second-order valence-electron chi connectivity index (χ2n) is 19.5. The highest BCUT2D eigenvalue weighted by molar-refractivity contribution is 5.98. The molecule has 29 heteroatoms. The first kappa shape index (κ1) is 61.3. The van der Waals surface area contributed by atoms with Crippen LogP contribution < -0.4 is 59.7 Å². The molecular formula is C48H76N20O9. The Kier molecular flexibility index (Phi) is 25.2. The van der Waals surface area contributed by atoms with Gasteiger partial charge in [0.05, 0.1) is 54.1 Å². The third-order valence-electron chi connectivity index (χ3n) is 12.0. The lowest BCUT2D eigenvalue weighted by atomic mass is 10.0. The number of H-pyrrole nitrogens is 4. The highest BCUT2D eigenvalue weighted by atomic mass is 16.4. The number of hydrogen-bond acceptors (Lipinski definition) is 15. The molecule has 0 aliphatic carbocycles. The number of imidazole rings is 4. The fourth-order valence-electron chi connectivity index (χ4n) is 8.05. The predicted octanol–water partition coefficient (Wildman–Crippen LogP) is -2.86. The van der Waals surface area contributed by atoms with Gasteiger partial charge in [-0.25, -0.2) is 24.7 Å². The zero-order valence-corrected chi connectivity index (χ0v) is 43.8. The summed E-state index contributed by atoms with van der Waals surface area (Å²) in [4.78, 5) is 139. The lowest BCUT2D eigenvalue weighted by Crippen LogP contribution is -2.61. The van der Waals surface area contributed by atoms with Gasteiger partial charge in [-0.15, -0.1) is 0 Å². The molecule has 4 rings (SSSR count). The molecule has 8 atom stereocenters. The van der Waals surface area contributed by atoms with Gasteiger partial charge in [0.2, 0.25) is 41.4 Å². The van der Waals surface area contributed by atoms with Crippen LogP contribution in [0.15, 0.2) is 50.1 Å². The van der Waals surface area contributed by atoms with Gasteiger partial charge >= 0.3 is 5.97 Å². The van der Waals surface area contributed by atoms with Crippen LogP contribution in [0.25, 0.3) is 0 Å². The molecule has 77 heavy (non-hydrogen) atoms. The average Bonchev–Trinajstić information content (AvgIpc) is 4.24. The Morgan fingerprint density at radius 3 is 1.21 bits per heavy atom. The zero-order valence-electron chi connectivity index (χ0n) is 43.8. The molecule has 0 fully saturated rings. The standard InChI is InChI=1S/C48H76N20O9/c1-26(2)12-35(64-40(69)32(50)14-28-18-53-22-58-28)43(72)67-37(15-29-19-54-23-59-29)44(73)62-33(8-5-6-10-49)41(70)66-38(16-30-20-55-24-60-30)46(75)68-39(17-31-21-56-25-61-31)45(74)65-36(13-27(3)4)42(71)63-34(47(76)77)9-7-11-57-48(51)52/h18-27,32-39H,5-17,49-50H2,1-4H3,(H,53,58)(H,54,59)(H,55,60)(H,56,61)(H,62,73)(H,63,71)(H,64,69)(H,65,74)(H,66,70)(H,67,72)(H,68,75)(H,76,77)(H4,51,52,57)/t32-,33-,34-,35-,36-,37-,38-,39-/m0/s1. The van der Waals surface area contributed by atoms with Gasteiger partial charge in [-0.1, -0.05) is 27.7 Å². The largest absolute Gasteiger partial charge is 0.480 e. The molecule has 4 aromatic rings. The number of aromatic amines is 4. The Bertz CT molecular complexity index is 2470. The molecule has 0 aliphatic rings. The number of aliphatic carboxylic acids is 1. The fourth-order valence-corrected chi connectivity index (χ4v) is 8.05. The van der Waals surface area contributed by atoms with Crippen LogP contribution in [0.1, 0.15) is 95.4 Å². The first-order chi connectivity index (χ1) is 36.7. The van der Waals surface area contributed by atoms with Crippen molar-refractivity contribution in [3.05, 3.63) is 72.9 Å². The topological polar surface area (TPSA) is 470 Å². The number of nitrogens with zero attached hydrogens (tertiary/aromatic N) is 4. The highest BCUT2D eigenvalue weighted by Crippen LogP contribution is 2.13. The van der Waals surface area contributed by atoms with E-state index in [9.17, 15) is 43.5 Å². The summed E-state index contributed by atoms with van der Waals surface area (Å²) in [6.45, 7) is 7.76. The van der Waals surface area contributed by atoms with Crippen LogP contribution >= 0.6 is 0 Å². The number of carbonyl (C=O) groups is 8. The van der Waals surface area contributed by atoms with Crippen molar-refractivity contribution in [3.8, 4) is 0 Å². The molecule has 422 valence electrons. The van der Waals surface area contributed by atoms with E-state index in [0.717, 1.165) is 0 Å². The van der Waals surface area contributed by atoms with Crippen molar-refractivity contribution in [2.24, 2.45) is 29.0 Å². The van der Waals surface area contributed by atoms with Crippen LogP contribution in [-0.2, 0) is 64.0 Å². The Balaban J connectivity index is 1.58. The van der Waals surface area contributed by atoms with Crippen molar-refractivity contribution in [2.75, 3.05) is 13.1 Å². The maximum atomic E-state index is 14.5. The van der Waals surface area contributed by atoms with Gasteiger partial charge in [0.25, 0.3) is 0 Å². The molecular weight excluding hydrogens is 1000 g/mol. The minimum atomic E-state index is -1.43. The SMILES string of the molecule is CC(C)C[C@H](NC(=O)[C@H](Cc1c[nH]cn1)NC(=O)[C@H](Cc1c[nH]cn1)NC(=O)[C@H](CCCCN)NC(=O)[C@H](Cc1c[nH]cn1)NC(=O)[C@H](CC(C)C)NC(=O)[C@@H](N)Cc1c[nH]cn1)C(=O)N[C@@H](CCCNC(=N)N)C(=O)O. The number of aromatic nitrogens is 8. The van der Waals surface area contributed by atoms with E-state index < -0.39 is 95.7 Å². The smallest absolute Gasteiger partial charge is 0.326 e. The highest BCUT2D eigenvalue weighted by Gasteiger charge is 2.36. The molecule has 4 heterocycles. The number of carboxylic acids is 1. The van der Waals surface area contributed by atoms with E-state index in [1.54, 1.807) is 20.0 Å². The Labute approximate surface area is 445 Å². The quantitative estimate of drug-likeness (QED) is 0.0125. The summed E-state index contributed by atoms with van der Waals surface area (Å²) in [5, 5.41) is 38.6. The molecule has 0 aromatic carbocycles. The predicted molar refractivity (Wildman–Crippen MR) is 279 cm³/mol. The molecule has 7 amide bonds. The summed E-state index contributed by atoms with van der Waals surface area (Å²) < 4.78 is 0. The van der Waals surface area contributed by atoms with E-state index in [-0.39, 0.29) is 88.7 Å². The molecule has 0 bridgehead atoms. The van der Waals surface area contributed by atoms with Gasteiger partial charge in [0.1, 0.15) is 42.3 Å². The summed E-state index contributed by atoms with van der Waals surface area (Å²) >= 11 is 0. The van der Waals surface area contributed by atoms with Gasteiger partial charge in [-0.3, -0.25) is 39.0 Å². The van der Waals surface area contributed by atoms with Crippen LogP contribution in [0.5, 0.6) is 0 Å². The van der Waals surface area contributed by atoms with Crippen LogP contribution in [0.3, 0.4) is 0 Å². The number of nitrogens with two attached hydrogens (primary N) is 3. The van der Waals surface area contributed by atoms with Crippen LogP contribution in [0.4, 0.5) is 0 Å². The summed E-state index contributed by atoms with van der Waals surface area (Å²) in [5.74, 6) is -7.25. The van der Waals surface area contributed by atoms with E-state index in [4.69, 9.17) is 22.6 Å². The zero-order chi connectivity index (χ0) is 56.4. The van der Waals surface area contributed by atoms with Crippen molar-refractivity contribution < 1.29 is 43.5 Å². The van der Waals surface area contributed by atoms with Gasteiger partial charge in [0.15, 0.2) is 5.96 Å². The molecule has 4 aromatic heterocycles. The van der Waals surface area contributed by atoms with E-state index >= 15 is 0 Å². The van der Waals surface area contributed by atoms with E-state index in [1.807, 2.05) is 13.8 Å². The summed E-state index contributed by atoms with van der Waals surface area (Å²) in [5.41, 5.74) is 19.0. The van der Waals surface area contributed by atoms with E-state index in [2.05, 4.69) is 82.4 Å². The van der Waals surface area contributed by atoms with E-state index in [1.165, 1.54) is 43.9 Å². The Hall–Kier alpha value is -8.21. The van der Waals surface area contributed by atoms with Crippen LogP contribution in [0, 0.1) is 17.2 Å². The number of unbranched alkanes of at least 4 members (excludes halogenated alkanes) is 1. The summed E-state index contributed by atoms with van der Waals surface area (Å²) in [6, 6.07) is -10.3. The lowest BCUT2D eigenvalue weighted by molar-refractivity contribution is -0.142. The Morgan fingerprint density at radius 1 is 0.506 bits per heavy atom. The fraction of sp³-hybridized carbons (Fsp3) is 0.562. The van der Waals surface area contributed by atoms with Gasteiger partial charge in [-0.05, 0) is 63.3 Å². The van der Waals surface area contributed by atoms with Crippen molar-refractivity contribution in [2.45, 2.75) is 147 Å². The number of nitrogens with one attached hydrogen (secondary N) is 13. The van der Waals surface area contributed by atoms with Crippen molar-refractivity contribution in [1.82, 2.24) is 82.4 Å². The van der Waals surface area contributed by atoms with Crippen molar-refractivity contribution in [3.63, 3.8) is 0 Å². The normalized spacial score (nSPS) is 14.4. The summed E-state index contributed by atoms with van der Waals surface area (Å²) in [7, 11) is 0. The molecule has 29 nitrogen and oxygen atoms in total. The maximum absolute atomic E-state index is 14.5. The van der Waals surface area contributed by atoms with Gasteiger partial charge in [0, 0.05) is 57.0 Å². The molecule has 0 spiro atoms. The monoisotopic (exact) mass is 1080 g/mol. The average molecular weight is 1080 g/mol. The lowest BCUT2D eigenvalue weighted by Gasteiger charge is -2.28. The minimum Gasteiger partial charge on any atom is -0.480 e. The first-order valence-electron chi connectivity index (χ1n) is 25.5. The van der Waals surface area contributed by atoms with Crippen molar-refractivity contribution >= 4 is 53.3 Å². The van der Waals surface area contributed by atoms with Crippen molar-refractivity contribution in [1.29, 1.82) is 5.41 Å². The second kappa shape index (κ2) is 31.6. The molecule has 0 aliphatic heterocycles. The number of carbonyl (C=O) groups excluding carboxylic acids is 7. The molecule has 0 unspecified atom stereocenters. The summed E-state index contributed by atoms with van der Waals surface area (Å²) in [6.07, 6.45) is 12.6. The van der Waals surface area contributed by atoms with Crippen LogP contribution in [-0.4, -0.2) is 160 Å². The molecule has 20 N–H and O–H groups in total. The Morgan fingerprint density at radius 2 is 0.844 bits per heavy atom. The van der Waals surface area contributed by atoms with Gasteiger partial charge < -0.3 is 84.8 Å². The number of carboxylic acid groups (broad SMARTS) is 1. The minimum absolute atomic E-state index is 0.0191. The number of guanidine groups is 1. The number of hydrogen-bond donors (Lipinski definition) is 17. The maximum Gasteiger partial charge on any atom is 0.326 e. The third-order valence-corrected chi connectivity index (χ3v) is 12.0. The second-order valence-corrected chi connectivity index (χ2v) is 19.5. The number of amides is 7. The van der Waals surface area contributed by atoms with Crippen LogP contribution in [0.2, 0.25) is 0 Å². The molecule has 0 saturated heterocycles. The van der Waals surface area contributed by atoms with E-state index in [0.29, 0.717) is 35.6 Å². The first-order valence-corrected chi connectivity index (χ1v) is 25.5. The molecule has 0 radical (unpaired) electrons. The number of rotatable bonds is 35. The third kappa shape index (κ3) is 21.9.